The van der Waals surface area contributed by atoms with E-state index in [1.807, 2.05) is 0 Å². The average molecular weight is 416 g/mol. The van der Waals surface area contributed by atoms with Crippen molar-refractivity contribution in [3.8, 4) is 23.0 Å². The monoisotopic (exact) mass is 416 g/mol. The third kappa shape index (κ3) is 3.22. The van der Waals surface area contributed by atoms with Crippen LogP contribution in [0.15, 0.2) is 36.4 Å². The molecule has 1 aliphatic carbocycles. The number of carbonyl (C=O) groups is 1. The minimum absolute atomic E-state index is 0.111. The average Bonchev–Trinajstić information content (AvgIpc) is 3.09. The molecule has 1 unspecified atom stereocenters. The third-order valence-corrected chi connectivity index (χ3v) is 5.09. The molecule has 1 aliphatic heterocycles. The van der Waals surface area contributed by atoms with E-state index in [1.54, 1.807) is 13.0 Å². The summed E-state index contributed by atoms with van der Waals surface area (Å²) in [6.07, 6.45) is -4.74. The number of fused-ring (bicyclic) bond motifs is 3. The van der Waals surface area contributed by atoms with E-state index in [2.05, 4.69) is 4.74 Å². The molecule has 154 valence electrons. The largest absolute Gasteiger partial charge is 0.486 e. The minimum atomic E-state index is -4.74. The van der Waals surface area contributed by atoms with Crippen molar-refractivity contribution < 1.29 is 46.1 Å². The maximum absolute atomic E-state index is 12.8. The van der Waals surface area contributed by atoms with Gasteiger partial charge in [0.25, 0.3) is 0 Å². The molecule has 1 N–H and O–H groups in total. The van der Waals surface area contributed by atoms with Crippen molar-refractivity contribution in [2.75, 3.05) is 0 Å². The van der Waals surface area contributed by atoms with Gasteiger partial charge in [0, 0.05) is 17.5 Å². The molecule has 0 amide bonds. The smallest absolute Gasteiger partial charge is 0.416 e. The summed E-state index contributed by atoms with van der Waals surface area (Å²) in [4.78, 5) is 11.3. The van der Waals surface area contributed by atoms with Crippen LogP contribution in [0.2, 0.25) is 0 Å². The first kappa shape index (κ1) is 19.3. The van der Waals surface area contributed by atoms with Gasteiger partial charge in [0.05, 0.1) is 5.56 Å². The molecule has 2 aromatic carbocycles. The van der Waals surface area contributed by atoms with Crippen LogP contribution in [-0.2, 0) is 11.0 Å². The molecule has 1 fully saturated rings. The van der Waals surface area contributed by atoms with Crippen LogP contribution < -0.4 is 14.2 Å². The van der Waals surface area contributed by atoms with Crippen LogP contribution in [0.4, 0.5) is 22.0 Å². The van der Waals surface area contributed by atoms with E-state index in [9.17, 15) is 31.9 Å². The Hall–Kier alpha value is -3.04. The number of rotatable bonds is 5. The van der Waals surface area contributed by atoms with E-state index in [0.29, 0.717) is 23.4 Å². The van der Waals surface area contributed by atoms with Crippen molar-refractivity contribution in [3.63, 3.8) is 0 Å². The standard InChI is InChI=1S/C19H13F5O5/c1-18-14(15(18)16(25)26)10-4-3-9(7-12(10)29-18)27-11-5-2-8(19(22,23)24)6-13(11)28-17(20)21/h2-7,14-15,17H,1H3,(H,25,26)/t14?,15-,18+/m0/s1. The summed E-state index contributed by atoms with van der Waals surface area (Å²) in [7, 11) is 0. The molecule has 29 heavy (non-hydrogen) atoms. The first-order valence-corrected chi connectivity index (χ1v) is 8.40. The van der Waals surface area contributed by atoms with Gasteiger partial charge in [-0.1, -0.05) is 6.07 Å². The lowest BCUT2D eigenvalue weighted by Gasteiger charge is -2.16. The molecule has 4 rings (SSSR count). The summed E-state index contributed by atoms with van der Waals surface area (Å²) in [5.74, 6) is -2.57. The number of hydrogen-bond acceptors (Lipinski definition) is 4. The van der Waals surface area contributed by atoms with E-state index >= 15 is 0 Å². The highest BCUT2D eigenvalue weighted by molar-refractivity contribution is 5.81. The van der Waals surface area contributed by atoms with Crippen LogP contribution >= 0.6 is 0 Å². The molecule has 2 aromatic rings. The molecule has 3 atom stereocenters. The van der Waals surface area contributed by atoms with Gasteiger partial charge in [-0.3, -0.25) is 4.79 Å². The van der Waals surface area contributed by atoms with Crippen molar-refractivity contribution in [2.45, 2.75) is 31.2 Å². The van der Waals surface area contributed by atoms with E-state index in [-0.39, 0.29) is 17.4 Å². The van der Waals surface area contributed by atoms with Crippen molar-refractivity contribution >= 4 is 5.97 Å². The number of carboxylic acid groups (broad SMARTS) is 1. The van der Waals surface area contributed by atoms with Crippen molar-refractivity contribution in [3.05, 3.63) is 47.5 Å². The summed E-state index contributed by atoms with van der Waals surface area (Å²) >= 11 is 0. The fraction of sp³-hybridized carbons (Fsp3) is 0.316. The zero-order valence-corrected chi connectivity index (χ0v) is 14.7. The molecular weight excluding hydrogens is 403 g/mol. The maximum atomic E-state index is 12.8. The number of carboxylic acids is 1. The third-order valence-electron chi connectivity index (χ3n) is 5.09. The summed E-state index contributed by atoms with van der Waals surface area (Å²) in [5.41, 5.74) is -1.36. The van der Waals surface area contributed by atoms with Crippen LogP contribution in [0.1, 0.15) is 24.0 Å². The number of ether oxygens (including phenoxy) is 3. The molecule has 1 heterocycles. The Balaban J connectivity index is 1.61. The summed E-state index contributed by atoms with van der Waals surface area (Å²) in [5, 5.41) is 9.22. The van der Waals surface area contributed by atoms with Crippen molar-refractivity contribution in [2.24, 2.45) is 5.92 Å². The maximum Gasteiger partial charge on any atom is 0.416 e. The fourth-order valence-electron chi connectivity index (χ4n) is 3.74. The second-order valence-electron chi connectivity index (χ2n) is 6.92. The van der Waals surface area contributed by atoms with Gasteiger partial charge in [-0.2, -0.15) is 22.0 Å². The van der Waals surface area contributed by atoms with Crippen molar-refractivity contribution in [1.29, 1.82) is 0 Å². The second-order valence-corrected chi connectivity index (χ2v) is 6.92. The van der Waals surface area contributed by atoms with Crippen LogP contribution in [0, 0.1) is 5.92 Å². The summed E-state index contributed by atoms with van der Waals surface area (Å²) in [6.45, 7) is -1.68. The van der Waals surface area contributed by atoms with Crippen LogP contribution in [0.5, 0.6) is 23.0 Å². The van der Waals surface area contributed by atoms with E-state index in [4.69, 9.17) is 9.47 Å². The van der Waals surface area contributed by atoms with Crippen molar-refractivity contribution in [1.82, 2.24) is 0 Å². The molecule has 5 nitrogen and oxygen atoms in total. The number of halogens is 5. The zero-order chi connectivity index (χ0) is 21.1. The molecule has 0 bridgehead atoms. The van der Waals surface area contributed by atoms with Crippen LogP contribution in [0.25, 0.3) is 0 Å². The normalized spacial score (nSPS) is 24.5. The molecular formula is C19H13F5O5. The number of alkyl halides is 5. The molecule has 0 aromatic heterocycles. The zero-order valence-electron chi connectivity index (χ0n) is 14.7. The Morgan fingerprint density at radius 3 is 2.52 bits per heavy atom. The van der Waals surface area contributed by atoms with Gasteiger partial charge in [-0.15, -0.1) is 0 Å². The molecule has 1 saturated carbocycles. The highest BCUT2D eigenvalue weighted by Gasteiger charge is 2.72. The first-order valence-electron chi connectivity index (χ1n) is 8.40. The van der Waals surface area contributed by atoms with Gasteiger partial charge in [-0.05, 0) is 31.2 Å². The SMILES string of the molecule is C[C@@]12Oc3cc(Oc4ccc(C(F)(F)F)cc4OC(F)F)ccc3C1[C@H]2C(=O)O. The highest BCUT2D eigenvalue weighted by atomic mass is 19.4. The van der Waals surface area contributed by atoms with Crippen LogP contribution in [-0.4, -0.2) is 23.3 Å². The molecule has 2 aliphatic rings. The minimum Gasteiger partial charge on any atom is -0.486 e. The molecule has 0 radical (unpaired) electrons. The van der Waals surface area contributed by atoms with Gasteiger partial charge in [0.1, 0.15) is 23.0 Å². The van der Waals surface area contributed by atoms with Gasteiger partial charge in [0.15, 0.2) is 11.5 Å². The summed E-state index contributed by atoms with van der Waals surface area (Å²) < 4.78 is 79.1. The van der Waals surface area contributed by atoms with E-state index < -0.39 is 41.6 Å². The predicted molar refractivity (Wildman–Crippen MR) is 87.5 cm³/mol. The molecule has 10 heteroatoms. The lowest BCUT2D eigenvalue weighted by molar-refractivity contribution is -0.140. The molecule has 0 spiro atoms. The number of hydrogen-bond donors (Lipinski definition) is 1. The van der Waals surface area contributed by atoms with E-state index in [0.717, 1.165) is 6.07 Å². The topological polar surface area (TPSA) is 65.0 Å². The summed E-state index contributed by atoms with van der Waals surface area (Å²) in [6, 6.07) is 6.46. The number of benzene rings is 2. The Bertz CT molecular complexity index is 989. The van der Waals surface area contributed by atoms with Gasteiger partial charge < -0.3 is 19.3 Å². The van der Waals surface area contributed by atoms with Gasteiger partial charge in [-0.25, -0.2) is 0 Å². The van der Waals surface area contributed by atoms with Gasteiger partial charge >= 0.3 is 18.8 Å². The van der Waals surface area contributed by atoms with Crippen LogP contribution in [0.3, 0.4) is 0 Å². The first-order chi connectivity index (χ1) is 13.5. The highest BCUT2D eigenvalue weighted by Crippen LogP contribution is 2.66. The Morgan fingerprint density at radius 2 is 1.90 bits per heavy atom. The predicted octanol–water partition coefficient (Wildman–Crippen LogP) is 5.05. The Labute approximate surface area is 160 Å². The second kappa shape index (κ2) is 6.23. The Morgan fingerprint density at radius 1 is 1.17 bits per heavy atom. The number of aliphatic carboxylic acids is 1. The quantitative estimate of drug-likeness (QED) is 0.692. The lowest BCUT2D eigenvalue weighted by Crippen LogP contribution is -2.19. The van der Waals surface area contributed by atoms with E-state index in [1.165, 1.54) is 12.1 Å². The Kier molecular flexibility index (Phi) is 4.14. The fourth-order valence-corrected chi connectivity index (χ4v) is 3.74. The van der Waals surface area contributed by atoms with Gasteiger partial charge in [0.2, 0.25) is 0 Å². The molecule has 0 saturated heterocycles. The lowest BCUT2D eigenvalue weighted by atomic mass is 10.1.